The summed E-state index contributed by atoms with van der Waals surface area (Å²) < 4.78 is 0. The molecule has 110 valence electrons. The largest absolute Gasteiger partial charge is 0.506 e. The van der Waals surface area contributed by atoms with Gasteiger partial charge in [0.25, 0.3) is 5.91 Å². The summed E-state index contributed by atoms with van der Waals surface area (Å²) in [6, 6.07) is 13.9. The first kappa shape index (κ1) is 14.6. The zero-order chi connectivity index (χ0) is 15.7. The lowest BCUT2D eigenvalue weighted by Gasteiger charge is -2.13. The SMILES string of the molecule is O=C1C(=Cc2ccc(O)c(Cl)c2)NC(=S)N1c1ccccc1. The molecule has 1 heterocycles. The van der Waals surface area contributed by atoms with Crippen LogP contribution in [-0.2, 0) is 4.79 Å². The van der Waals surface area contributed by atoms with Gasteiger partial charge < -0.3 is 10.4 Å². The van der Waals surface area contributed by atoms with Crippen LogP contribution in [0.5, 0.6) is 5.75 Å². The smallest absolute Gasteiger partial charge is 0.281 e. The Balaban J connectivity index is 1.93. The summed E-state index contributed by atoms with van der Waals surface area (Å²) >= 11 is 11.1. The number of thiocarbonyl (C=S) groups is 1. The Kier molecular flexibility index (Phi) is 3.83. The minimum Gasteiger partial charge on any atom is -0.506 e. The third-order valence-electron chi connectivity index (χ3n) is 3.18. The lowest BCUT2D eigenvalue weighted by atomic mass is 10.2. The van der Waals surface area contributed by atoms with Gasteiger partial charge in [-0.2, -0.15) is 0 Å². The number of phenols is 1. The monoisotopic (exact) mass is 330 g/mol. The second-order valence-corrected chi connectivity index (χ2v) is 5.47. The number of hydrogen-bond donors (Lipinski definition) is 2. The van der Waals surface area contributed by atoms with Gasteiger partial charge in [-0.05, 0) is 48.1 Å². The molecule has 0 unspecified atom stereocenters. The molecule has 6 heteroatoms. The van der Waals surface area contributed by atoms with Crippen molar-refractivity contribution in [3.8, 4) is 5.75 Å². The first-order valence-corrected chi connectivity index (χ1v) is 7.25. The van der Waals surface area contributed by atoms with Crippen molar-refractivity contribution in [2.24, 2.45) is 0 Å². The Morgan fingerprint density at radius 2 is 1.91 bits per heavy atom. The number of halogens is 1. The van der Waals surface area contributed by atoms with Crippen LogP contribution in [0.25, 0.3) is 6.08 Å². The van der Waals surface area contributed by atoms with E-state index in [1.54, 1.807) is 18.2 Å². The quantitative estimate of drug-likeness (QED) is 0.655. The highest BCUT2D eigenvalue weighted by Crippen LogP contribution is 2.26. The summed E-state index contributed by atoms with van der Waals surface area (Å²) in [5.74, 6) is -0.239. The minimum atomic E-state index is -0.236. The van der Waals surface area contributed by atoms with Crippen molar-refractivity contribution in [2.45, 2.75) is 0 Å². The Hall–Kier alpha value is -2.37. The van der Waals surface area contributed by atoms with Gasteiger partial charge in [-0.1, -0.05) is 35.9 Å². The average Bonchev–Trinajstić information content (AvgIpc) is 2.78. The lowest BCUT2D eigenvalue weighted by Crippen LogP contribution is -2.30. The number of nitrogens with zero attached hydrogens (tertiary/aromatic N) is 1. The van der Waals surface area contributed by atoms with E-state index in [0.29, 0.717) is 22.1 Å². The van der Waals surface area contributed by atoms with Crippen LogP contribution in [0.1, 0.15) is 5.56 Å². The van der Waals surface area contributed by atoms with Crippen LogP contribution < -0.4 is 10.2 Å². The molecule has 1 fully saturated rings. The van der Waals surface area contributed by atoms with Gasteiger partial charge in [0.1, 0.15) is 11.4 Å². The van der Waals surface area contributed by atoms with E-state index in [4.69, 9.17) is 23.8 Å². The third-order valence-corrected chi connectivity index (χ3v) is 3.76. The van der Waals surface area contributed by atoms with Crippen LogP contribution in [0, 0.1) is 0 Å². The first-order chi connectivity index (χ1) is 10.6. The average molecular weight is 331 g/mol. The summed E-state index contributed by atoms with van der Waals surface area (Å²) in [7, 11) is 0. The maximum absolute atomic E-state index is 12.5. The molecule has 0 radical (unpaired) electrons. The molecule has 2 aromatic carbocycles. The van der Waals surface area contributed by atoms with E-state index in [1.165, 1.54) is 11.0 Å². The predicted molar refractivity (Wildman–Crippen MR) is 90.8 cm³/mol. The van der Waals surface area contributed by atoms with E-state index in [2.05, 4.69) is 5.32 Å². The van der Waals surface area contributed by atoms with E-state index in [9.17, 15) is 9.90 Å². The molecule has 2 N–H and O–H groups in total. The van der Waals surface area contributed by atoms with Crippen LogP contribution in [0.2, 0.25) is 5.02 Å². The van der Waals surface area contributed by atoms with Gasteiger partial charge >= 0.3 is 0 Å². The van der Waals surface area contributed by atoms with E-state index in [1.807, 2.05) is 30.3 Å². The fraction of sp³-hybridized carbons (Fsp3) is 0. The molecule has 1 aliphatic rings. The zero-order valence-electron chi connectivity index (χ0n) is 11.3. The number of carbonyl (C=O) groups is 1. The normalized spacial score (nSPS) is 16.2. The van der Waals surface area contributed by atoms with Gasteiger partial charge in [0.15, 0.2) is 5.11 Å². The molecule has 1 saturated heterocycles. The molecule has 4 nitrogen and oxygen atoms in total. The lowest BCUT2D eigenvalue weighted by molar-refractivity contribution is -0.113. The number of hydrogen-bond acceptors (Lipinski definition) is 3. The summed E-state index contributed by atoms with van der Waals surface area (Å²) in [4.78, 5) is 13.9. The second-order valence-electron chi connectivity index (χ2n) is 4.68. The maximum Gasteiger partial charge on any atom is 0.281 e. The van der Waals surface area contributed by atoms with Crippen molar-refractivity contribution in [3.63, 3.8) is 0 Å². The third kappa shape index (κ3) is 2.68. The molecule has 22 heavy (non-hydrogen) atoms. The van der Waals surface area contributed by atoms with E-state index in [-0.39, 0.29) is 16.7 Å². The summed E-state index contributed by atoms with van der Waals surface area (Å²) in [6.45, 7) is 0. The van der Waals surface area contributed by atoms with Crippen LogP contribution in [0.15, 0.2) is 54.2 Å². The summed E-state index contributed by atoms with van der Waals surface area (Å²) in [5, 5.41) is 12.9. The molecule has 3 rings (SSSR count). The number of aromatic hydroxyl groups is 1. The zero-order valence-corrected chi connectivity index (χ0v) is 12.9. The Morgan fingerprint density at radius 3 is 2.59 bits per heavy atom. The van der Waals surface area contributed by atoms with Crippen LogP contribution in [-0.4, -0.2) is 16.1 Å². The summed E-state index contributed by atoms with van der Waals surface area (Å²) in [6.07, 6.45) is 1.64. The van der Waals surface area contributed by atoms with Gasteiger partial charge in [0, 0.05) is 0 Å². The number of amides is 1. The maximum atomic E-state index is 12.5. The van der Waals surface area contributed by atoms with Crippen LogP contribution in [0.4, 0.5) is 5.69 Å². The number of phenolic OH excluding ortho intramolecular Hbond substituents is 1. The van der Waals surface area contributed by atoms with Crippen molar-refractivity contribution in [3.05, 3.63) is 64.8 Å². The highest BCUT2D eigenvalue weighted by Gasteiger charge is 2.31. The number of benzene rings is 2. The van der Waals surface area contributed by atoms with E-state index in [0.717, 1.165) is 0 Å². The standard InChI is InChI=1S/C16H11ClN2O2S/c17-12-8-10(6-7-14(12)20)9-13-15(21)19(16(22)18-13)11-4-2-1-3-5-11/h1-9,20H,(H,18,22). The molecule has 1 aliphatic heterocycles. The van der Waals surface area contributed by atoms with Crippen molar-refractivity contribution >= 4 is 46.6 Å². The molecule has 0 bridgehead atoms. The number of rotatable bonds is 2. The Morgan fingerprint density at radius 1 is 1.18 bits per heavy atom. The fourth-order valence-corrected chi connectivity index (χ4v) is 2.61. The molecule has 1 amide bonds. The Bertz CT molecular complexity index is 790. The van der Waals surface area contributed by atoms with Crippen molar-refractivity contribution in [1.82, 2.24) is 5.32 Å². The first-order valence-electron chi connectivity index (χ1n) is 6.47. The van der Waals surface area contributed by atoms with Crippen LogP contribution >= 0.6 is 23.8 Å². The van der Waals surface area contributed by atoms with Crippen LogP contribution in [0.3, 0.4) is 0 Å². The molecule has 2 aromatic rings. The van der Waals surface area contributed by atoms with Gasteiger partial charge in [-0.3, -0.25) is 9.69 Å². The van der Waals surface area contributed by atoms with Gasteiger partial charge in [-0.15, -0.1) is 0 Å². The highest BCUT2D eigenvalue weighted by molar-refractivity contribution is 7.80. The topological polar surface area (TPSA) is 52.6 Å². The number of carbonyl (C=O) groups excluding carboxylic acids is 1. The highest BCUT2D eigenvalue weighted by atomic mass is 35.5. The molecule has 0 atom stereocenters. The van der Waals surface area contributed by atoms with E-state index < -0.39 is 0 Å². The van der Waals surface area contributed by atoms with Gasteiger partial charge in [-0.25, -0.2) is 0 Å². The van der Waals surface area contributed by atoms with Crippen molar-refractivity contribution in [1.29, 1.82) is 0 Å². The Labute approximate surface area is 137 Å². The number of nitrogens with one attached hydrogen (secondary N) is 1. The van der Waals surface area contributed by atoms with Crippen molar-refractivity contribution < 1.29 is 9.90 Å². The van der Waals surface area contributed by atoms with E-state index >= 15 is 0 Å². The molecular formula is C16H11ClN2O2S. The molecule has 0 saturated carbocycles. The summed E-state index contributed by atoms with van der Waals surface area (Å²) in [5.41, 5.74) is 1.75. The second kappa shape index (κ2) is 5.79. The van der Waals surface area contributed by atoms with Crippen molar-refractivity contribution in [2.75, 3.05) is 4.90 Å². The fourth-order valence-electron chi connectivity index (χ4n) is 2.13. The van der Waals surface area contributed by atoms with Gasteiger partial charge in [0.05, 0.1) is 10.7 Å². The number of para-hydroxylation sites is 1. The molecular weight excluding hydrogens is 320 g/mol. The molecule has 0 spiro atoms. The predicted octanol–water partition coefficient (Wildman–Crippen LogP) is 3.31. The number of anilines is 1. The van der Waals surface area contributed by atoms with Gasteiger partial charge in [0.2, 0.25) is 0 Å². The molecule has 0 aromatic heterocycles. The minimum absolute atomic E-state index is 0.00374. The molecule has 0 aliphatic carbocycles.